The molecule has 2 N–H and O–H groups in total. The van der Waals surface area contributed by atoms with Gasteiger partial charge in [0.2, 0.25) is 5.60 Å². The topological polar surface area (TPSA) is 150 Å². The van der Waals surface area contributed by atoms with Crippen molar-refractivity contribution in [1.29, 1.82) is 0 Å². The van der Waals surface area contributed by atoms with E-state index in [0.717, 1.165) is 38.5 Å². The molecule has 3 heterocycles. The average Bonchev–Trinajstić information content (AvgIpc) is 3.56. The van der Waals surface area contributed by atoms with Crippen molar-refractivity contribution in [2.75, 3.05) is 12.3 Å². The number of hydrogen-bond acceptors (Lipinski definition) is 11. The van der Waals surface area contributed by atoms with Crippen LogP contribution in [0.2, 0.25) is 0 Å². The van der Waals surface area contributed by atoms with Gasteiger partial charge in [-0.05, 0) is 119 Å². The van der Waals surface area contributed by atoms with Crippen molar-refractivity contribution in [3.8, 4) is 12.3 Å². The zero-order valence-corrected chi connectivity index (χ0v) is 26.9. The maximum atomic E-state index is 13.6. The van der Waals surface area contributed by atoms with Gasteiger partial charge in [0.25, 0.3) is 0 Å². The molecule has 9 aliphatic rings. The first-order valence-corrected chi connectivity index (χ1v) is 17.5. The van der Waals surface area contributed by atoms with Crippen molar-refractivity contribution < 1.29 is 33.3 Å². The van der Waals surface area contributed by atoms with Crippen LogP contribution in [0.4, 0.5) is 15.4 Å². The van der Waals surface area contributed by atoms with Crippen LogP contribution in [0.15, 0.2) is 6.33 Å². The average molecular weight is 646 g/mol. The number of anilines is 1. The molecule has 0 unspecified atom stereocenters. The van der Waals surface area contributed by atoms with Crippen molar-refractivity contribution in [3.05, 3.63) is 12.2 Å². The Balaban J connectivity index is 0.953. The molecule has 12 nitrogen and oxygen atoms in total. The van der Waals surface area contributed by atoms with Crippen LogP contribution in [-0.4, -0.2) is 61.3 Å². The fourth-order valence-electron chi connectivity index (χ4n) is 11.6. The molecule has 11 rings (SSSR count). The van der Waals surface area contributed by atoms with Crippen molar-refractivity contribution in [2.45, 2.75) is 120 Å². The molecule has 8 saturated carbocycles. The Bertz CT molecular complexity index is 1590. The van der Waals surface area contributed by atoms with E-state index in [0.29, 0.717) is 52.5 Å². The molecule has 0 aromatic carbocycles. The number of hydrogen-bond donors (Lipinski definition) is 1. The minimum atomic E-state index is -1.60. The number of fused-ring (bicyclic) bond motifs is 1. The highest BCUT2D eigenvalue weighted by Crippen LogP contribution is 2.58. The summed E-state index contributed by atoms with van der Waals surface area (Å²) in [5.41, 5.74) is 4.45. The predicted octanol–water partition coefficient (Wildman–Crippen LogP) is 5.62. The Hall–Kier alpha value is -3.59. The Labute approximate surface area is 273 Å². The molecule has 3 atom stereocenters. The van der Waals surface area contributed by atoms with E-state index in [9.17, 15) is 9.59 Å². The summed E-state index contributed by atoms with van der Waals surface area (Å²) in [6.07, 6.45) is 17.2. The number of carbonyl (C=O) groups excluding carboxylic acids is 2. The van der Waals surface area contributed by atoms with Crippen LogP contribution in [0, 0.1) is 54.8 Å². The van der Waals surface area contributed by atoms with Gasteiger partial charge in [0.15, 0.2) is 17.6 Å². The summed E-state index contributed by atoms with van der Waals surface area (Å²) >= 11 is 0. The molecule has 1 aliphatic heterocycles. The Morgan fingerprint density at radius 3 is 1.96 bits per heavy atom. The standard InChI is InChI=1S/C35H43N5O7/c1-3-35(17-43-31(41)46-33-11-20-4-21(12-33)6-22(5-20)13-33)26(10-27(45-35)40-18-37-28-29(36)38-19(2)39-30(28)40)44-32(42)47-34-14-23-7-24(15-34)9-25(8-23)16-34/h1,18,20-27H,4-17H2,2H3,(H2,36,38,39)/t20?,21?,22?,23?,24?,25?,26-,27+,33?,34?,35+/m0/s1. The van der Waals surface area contributed by atoms with Gasteiger partial charge in [-0.2, -0.15) is 0 Å². The van der Waals surface area contributed by atoms with Crippen molar-refractivity contribution in [2.24, 2.45) is 35.5 Å². The summed E-state index contributed by atoms with van der Waals surface area (Å²) in [6, 6.07) is 0. The van der Waals surface area contributed by atoms with E-state index in [1.807, 2.05) is 0 Å². The first-order valence-electron chi connectivity index (χ1n) is 17.5. The van der Waals surface area contributed by atoms with E-state index in [-0.39, 0.29) is 18.8 Å². The SMILES string of the molecule is C#C[C@]1(COC(=O)OC23CC4CC(CC(C4)C2)C3)O[C@@H](n2cnc3c(N)nc(C)nc32)C[C@@H]1OC(=O)OC12CC3CC(CC(C3)C1)C2. The summed E-state index contributed by atoms with van der Waals surface area (Å²) < 4.78 is 32.3. The number of nitrogens with zero attached hydrogens (tertiary/aromatic N) is 4. The molecule has 0 amide bonds. The molecule has 8 bridgehead atoms. The van der Waals surface area contributed by atoms with Crippen LogP contribution in [0.1, 0.15) is 95.5 Å². The highest BCUT2D eigenvalue weighted by atomic mass is 16.8. The molecule has 8 aliphatic carbocycles. The van der Waals surface area contributed by atoms with Crippen LogP contribution in [0.25, 0.3) is 11.2 Å². The molecule has 47 heavy (non-hydrogen) atoms. The molecule has 250 valence electrons. The number of carbonyl (C=O) groups is 2. The number of ether oxygens (including phenoxy) is 5. The van der Waals surface area contributed by atoms with E-state index in [4.69, 9.17) is 35.8 Å². The smallest absolute Gasteiger partial charge is 0.430 e. The lowest BCUT2D eigenvalue weighted by Crippen LogP contribution is -2.54. The summed E-state index contributed by atoms with van der Waals surface area (Å²) in [5, 5.41) is 0. The van der Waals surface area contributed by atoms with Crippen molar-refractivity contribution in [3.63, 3.8) is 0 Å². The first-order chi connectivity index (χ1) is 22.6. The third kappa shape index (κ3) is 5.02. The Kier molecular flexibility index (Phi) is 6.57. The van der Waals surface area contributed by atoms with Gasteiger partial charge < -0.3 is 29.4 Å². The molecule has 9 fully saturated rings. The zero-order valence-electron chi connectivity index (χ0n) is 26.9. The number of terminal acetylenes is 1. The summed E-state index contributed by atoms with van der Waals surface area (Å²) in [5.74, 6) is 7.02. The number of aromatic nitrogens is 4. The number of nitrogens with two attached hydrogens (primary N) is 1. The van der Waals surface area contributed by atoms with E-state index in [2.05, 4.69) is 20.9 Å². The second kappa shape index (κ2) is 10.5. The number of aryl methyl sites for hydroxylation is 1. The summed E-state index contributed by atoms with van der Waals surface area (Å²) in [7, 11) is 0. The summed E-state index contributed by atoms with van der Waals surface area (Å²) in [4.78, 5) is 40.0. The van der Waals surface area contributed by atoms with Gasteiger partial charge in [-0.25, -0.2) is 24.5 Å². The van der Waals surface area contributed by atoms with E-state index >= 15 is 0 Å². The van der Waals surface area contributed by atoms with Crippen molar-refractivity contribution in [1.82, 2.24) is 19.5 Å². The molecule has 1 saturated heterocycles. The summed E-state index contributed by atoms with van der Waals surface area (Å²) in [6.45, 7) is 1.38. The lowest BCUT2D eigenvalue weighted by Gasteiger charge is -2.55. The molecule has 0 radical (unpaired) electrons. The Morgan fingerprint density at radius 2 is 1.43 bits per heavy atom. The lowest BCUT2D eigenvalue weighted by molar-refractivity contribution is -0.161. The number of rotatable bonds is 6. The van der Waals surface area contributed by atoms with E-state index < -0.39 is 41.4 Å². The first kappa shape index (κ1) is 29.5. The largest absolute Gasteiger partial charge is 0.509 e. The van der Waals surface area contributed by atoms with Gasteiger partial charge in [0.05, 0.1) is 6.33 Å². The maximum Gasteiger partial charge on any atom is 0.509 e. The van der Waals surface area contributed by atoms with Crippen LogP contribution < -0.4 is 5.73 Å². The van der Waals surface area contributed by atoms with Crippen LogP contribution in [0.5, 0.6) is 0 Å². The van der Waals surface area contributed by atoms with Gasteiger partial charge >= 0.3 is 12.3 Å². The minimum absolute atomic E-state index is 0.155. The molecular weight excluding hydrogens is 602 g/mol. The third-order valence-electron chi connectivity index (χ3n) is 12.6. The number of nitrogen functional groups attached to an aromatic ring is 1. The number of imidazole rings is 1. The highest BCUT2D eigenvalue weighted by molar-refractivity contribution is 5.81. The van der Waals surface area contributed by atoms with Crippen molar-refractivity contribution >= 4 is 29.3 Å². The molecule has 2 aromatic rings. The van der Waals surface area contributed by atoms with Gasteiger partial charge in [-0.15, -0.1) is 6.42 Å². The van der Waals surface area contributed by atoms with Gasteiger partial charge in [0, 0.05) is 6.42 Å². The maximum absolute atomic E-state index is 13.6. The van der Waals surface area contributed by atoms with Gasteiger partial charge in [-0.3, -0.25) is 4.57 Å². The molecular formula is C35H43N5O7. The normalized spacial score (nSPS) is 42.4. The fraction of sp³-hybridized carbons (Fsp3) is 0.743. The minimum Gasteiger partial charge on any atom is -0.430 e. The van der Waals surface area contributed by atoms with E-state index in [1.54, 1.807) is 17.8 Å². The lowest BCUT2D eigenvalue weighted by atomic mass is 9.54. The second-order valence-corrected chi connectivity index (χ2v) is 16.1. The monoisotopic (exact) mass is 645 g/mol. The van der Waals surface area contributed by atoms with Crippen LogP contribution in [0.3, 0.4) is 0 Å². The quantitative estimate of drug-likeness (QED) is 0.308. The van der Waals surface area contributed by atoms with Gasteiger partial charge in [0.1, 0.15) is 35.4 Å². The zero-order chi connectivity index (χ0) is 32.1. The van der Waals surface area contributed by atoms with Gasteiger partial charge in [-0.1, -0.05) is 5.92 Å². The molecule has 2 aromatic heterocycles. The van der Waals surface area contributed by atoms with Crippen LogP contribution in [-0.2, 0) is 23.7 Å². The highest BCUT2D eigenvalue weighted by Gasteiger charge is 2.57. The fourth-order valence-corrected chi connectivity index (χ4v) is 11.6. The second-order valence-electron chi connectivity index (χ2n) is 16.1. The van der Waals surface area contributed by atoms with E-state index in [1.165, 1.54) is 38.5 Å². The molecule has 12 heteroatoms. The Morgan fingerprint density at radius 1 is 0.894 bits per heavy atom. The molecule has 0 spiro atoms. The predicted molar refractivity (Wildman–Crippen MR) is 166 cm³/mol. The third-order valence-corrected chi connectivity index (χ3v) is 12.6. The van der Waals surface area contributed by atoms with Crippen LogP contribution >= 0.6 is 0 Å².